The van der Waals surface area contributed by atoms with Crippen LogP contribution in [0, 0.1) is 0 Å². The first-order valence-corrected chi connectivity index (χ1v) is 8.88. The lowest BCUT2D eigenvalue weighted by atomic mass is 10.2. The number of hydrazine groups is 1. The summed E-state index contributed by atoms with van der Waals surface area (Å²) in [5.74, 6) is -0.882. The zero-order valence-corrected chi connectivity index (χ0v) is 15.5. The molecule has 0 spiro atoms. The second-order valence-electron chi connectivity index (χ2n) is 4.86. The van der Waals surface area contributed by atoms with Crippen molar-refractivity contribution in [2.75, 3.05) is 0 Å². The molecule has 0 aliphatic carbocycles. The van der Waals surface area contributed by atoms with Crippen molar-refractivity contribution in [3.05, 3.63) is 68.8 Å². The van der Waals surface area contributed by atoms with Gasteiger partial charge in [-0.1, -0.05) is 41.0 Å². The van der Waals surface area contributed by atoms with Crippen LogP contribution < -0.4 is 5.43 Å². The smallest absolute Gasteiger partial charge is 0.267 e. The van der Waals surface area contributed by atoms with Crippen LogP contribution in [0.15, 0.2) is 47.6 Å². The van der Waals surface area contributed by atoms with Crippen molar-refractivity contribution >= 4 is 69.4 Å². The Labute approximate surface area is 163 Å². The zero-order chi connectivity index (χ0) is 18.0. The maximum absolute atomic E-state index is 12.5. The second kappa shape index (κ2) is 7.53. The van der Waals surface area contributed by atoms with Gasteiger partial charge in [-0.3, -0.25) is 20.0 Å². The molecule has 126 valence electrons. The van der Waals surface area contributed by atoms with Crippen LogP contribution >= 0.6 is 47.2 Å². The van der Waals surface area contributed by atoms with E-state index in [4.69, 9.17) is 35.4 Å². The Morgan fingerprint density at radius 1 is 1.24 bits per heavy atom. The van der Waals surface area contributed by atoms with E-state index >= 15 is 0 Å². The van der Waals surface area contributed by atoms with Crippen LogP contribution in [0.25, 0.3) is 6.08 Å². The number of carbonyl (C=O) groups excluding carboxylic acids is 2. The Bertz CT molecular complexity index is 904. The average molecular weight is 410 g/mol. The number of aromatic nitrogens is 1. The molecule has 0 unspecified atom stereocenters. The van der Waals surface area contributed by atoms with Crippen LogP contribution in [0.3, 0.4) is 0 Å². The van der Waals surface area contributed by atoms with E-state index in [0.29, 0.717) is 26.1 Å². The molecular weight excluding hydrogens is 401 g/mol. The molecule has 3 rings (SSSR count). The molecule has 1 N–H and O–H groups in total. The molecule has 1 aromatic carbocycles. The standard InChI is InChI=1S/C16H9Cl2N3O2S2/c17-11-2-1-10(12(18)8-11)7-13-15(23)21(16(24)25-13)20-14(22)9-3-5-19-6-4-9/h1-8H,(H,20,22)/b13-7-. The molecule has 1 aliphatic rings. The van der Waals surface area contributed by atoms with Gasteiger partial charge in [-0.15, -0.1) is 0 Å². The number of nitrogens with zero attached hydrogens (tertiary/aromatic N) is 2. The first-order valence-electron chi connectivity index (χ1n) is 6.90. The van der Waals surface area contributed by atoms with Crippen molar-refractivity contribution in [3.8, 4) is 0 Å². The first kappa shape index (κ1) is 17.9. The third-order valence-corrected chi connectivity index (χ3v) is 5.06. The summed E-state index contributed by atoms with van der Waals surface area (Å²) in [7, 11) is 0. The predicted octanol–water partition coefficient (Wildman–Crippen LogP) is 3.93. The summed E-state index contributed by atoms with van der Waals surface area (Å²) < 4.78 is 0.226. The van der Waals surface area contributed by atoms with Gasteiger partial charge in [0, 0.05) is 28.0 Å². The summed E-state index contributed by atoms with van der Waals surface area (Å²) in [5.41, 5.74) is 3.50. The Balaban J connectivity index is 1.80. The molecule has 1 aromatic heterocycles. The van der Waals surface area contributed by atoms with Gasteiger partial charge in [0.2, 0.25) is 0 Å². The number of amides is 2. The lowest BCUT2D eigenvalue weighted by Crippen LogP contribution is -2.44. The summed E-state index contributed by atoms with van der Waals surface area (Å²) in [5, 5.41) is 1.95. The molecule has 0 atom stereocenters. The fourth-order valence-corrected chi connectivity index (χ4v) is 3.63. The number of thioether (sulfide) groups is 1. The molecule has 25 heavy (non-hydrogen) atoms. The van der Waals surface area contributed by atoms with E-state index < -0.39 is 11.8 Å². The van der Waals surface area contributed by atoms with Gasteiger partial charge < -0.3 is 0 Å². The van der Waals surface area contributed by atoms with Gasteiger partial charge in [0.1, 0.15) is 0 Å². The number of nitrogens with one attached hydrogen (secondary N) is 1. The van der Waals surface area contributed by atoms with E-state index in [9.17, 15) is 9.59 Å². The minimum Gasteiger partial charge on any atom is -0.267 e. The van der Waals surface area contributed by atoms with E-state index in [-0.39, 0.29) is 4.32 Å². The van der Waals surface area contributed by atoms with Crippen molar-refractivity contribution in [1.82, 2.24) is 15.4 Å². The Morgan fingerprint density at radius 2 is 1.96 bits per heavy atom. The summed E-state index contributed by atoms with van der Waals surface area (Å²) >= 11 is 18.2. The van der Waals surface area contributed by atoms with Crippen LogP contribution in [0.1, 0.15) is 15.9 Å². The quantitative estimate of drug-likeness (QED) is 0.614. The van der Waals surface area contributed by atoms with Gasteiger partial charge in [-0.2, -0.15) is 5.01 Å². The number of hydrogen-bond donors (Lipinski definition) is 1. The highest BCUT2D eigenvalue weighted by atomic mass is 35.5. The molecule has 1 saturated heterocycles. The Kier molecular flexibility index (Phi) is 5.39. The molecule has 1 aliphatic heterocycles. The van der Waals surface area contributed by atoms with Crippen LogP contribution in [0.2, 0.25) is 10.0 Å². The predicted molar refractivity (Wildman–Crippen MR) is 103 cm³/mol. The fraction of sp³-hybridized carbons (Fsp3) is 0. The van der Waals surface area contributed by atoms with Crippen LogP contribution in [-0.4, -0.2) is 26.1 Å². The van der Waals surface area contributed by atoms with Crippen molar-refractivity contribution in [1.29, 1.82) is 0 Å². The second-order valence-corrected chi connectivity index (χ2v) is 7.38. The summed E-state index contributed by atoms with van der Waals surface area (Å²) in [6.07, 6.45) is 4.58. The van der Waals surface area contributed by atoms with E-state index in [0.717, 1.165) is 16.8 Å². The minimum atomic E-state index is -0.454. The molecule has 2 heterocycles. The average Bonchev–Trinajstić information content (AvgIpc) is 2.85. The Hall–Kier alpha value is -1.93. The lowest BCUT2D eigenvalue weighted by molar-refractivity contribution is -0.123. The maximum Gasteiger partial charge on any atom is 0.285 e. The molecular formula is C16H9Cl2N3O2S2. The molecule has 0 bridgehead atoms. The number of hydrogen-bond acceptors (Lipinski definition) is 5. The third-order valence-electron chi connectivity index (χ3n) is 3.20. The molecule has 0 saturated carbocycles. The SMILES string of the molecule is O=C(NN1C(=O)/C(=C/c2ccc(Cl)cc2Cl)SC1=S)c1ccncc1. The summed E-state index contributed by atoms with van der Waals surface area (Å²) in [6, 6.07) is 8.03. The largest absolute Gasteiger partial charge is 0.285 e. The fourth-order valence-electron chi connectivity index (χ4n) is 1.99. The van der Waals surface area contributed by atoms with E-state index in [1.807, 2.05) is 0 Å². The van der Waals surface area contributed by atoms with Crippen LogP contribution in [0.4, 0.5) is 0 Å². The minimum absolute atomic E-state index is 0.226. The van der Waals surface area contributed by atoms with Gasteiger partial charge in [0.15, 0.2) is 4.32 Å². The van der Waals surface area contributed by atoms with Crippen molar-refractivity contribution in [2.45, 2.75) is 0 Å². The normalized spacial score (nSPS) is 15.8. The van der Waals surface area contributed by atoms with E-state index in [1.54, 1.807) is 24.3 Å². The molecule has 5 nitrogen and oxygen atoms in total. The molecule has 0 radical (unpaired) electrons. The van der Waals surface area contributed by atoms with Gasteiger partial charge >= 0.3 is 0 Å². The highest BCUT2D eigenvalue weighted by Crippen LogP contribution is 2.33. The van der Waals surface area contributed by atoms with Gasteiger partial charge in [-0.25, -0.2) is 0 Å². The summed E-state index contributed by atoms with van der Waals surface area (Å²) in [4.78, 5) is 28.9. The van der Waals surface area contributed by atoms with Gasteiger partial charge in [0.05, 0.1) is 4.91 Å². The first-order chi connectivity index (χ1) is 12.0. The molecule has 2 aromatic rings. The van der Waals surface area contributed by atoms with Crippen LogP contribution in [-0.2, 0) is 4.79 Å². The maximum atomic E-state index is 12.5. The molecule has 1 fully saturated rings. The van der Waals surface area contributed by atoms with E-state index in [1.165, 1.54) is 24.5 Å². The monoisotopic (exact) mass is 409 g/mol. The van der Waals surface area contributed by atoms with Gasteiger partial charge in [0.25, 0.3) is 11.8 Å². The number of thiocarbonyl (C=S) groups is 1. The topological polar surface area (TPSA) is 62.3 Å². The molecule has 2 amide bonds. The van der Waals surface area contributed by atoms with Crippen molar-refractivity contribution in [3.63, 3.8) is 0 Å². The lowest BCUT2D eigenvalue weighted by Gasteiger charge is -2.15. The zero-order valence-electron chi connectivity index (χ0n) is 12.4. The van der Waals surface area contributed by atoms with Crippen LogP contribution in [0.5, 0.6) is 0 Å². The number of benzene rings is 1. The number of carbonyl (C=O) groups is 2. The third kappa shape index (κ3) is 4.01. The summed E-state index contributed by atoms with van der Waals surface area (Å²) in [6.45, 7) is 0. The number of pyridine rings is 1. The van der Waals surface area contributed by atoms with Gasteiger partial charge in [-0.05, 0) is 48.1 Å². The highest BCUT2D eigenvalue weighted by molar-refractivity contribution is 8.26. The number of halogens is 2. The van der Waals surface area contributed by atoms with Crippen molar-refractivity contribution < 1.29 is 9.59 Å². The van der Waals surface area contributed by atoms with Crippen molar-refractivity contribution in [2.24, 2.45) is 0 Å². The number of rotatable bonds is 3. The highest BCUT2D eigenvalue weighted by Gasteiger charge is 2.33. The molecule has 9 heteroatoms. The Morgan fingerprint density at radius 3 is 2.64 bits per heavy atom. The van der Waals surface area contributed by atoms with E-state index in [2.05, 4.69) is 10.4 Å².